The van der Waals surface area contributed by atoms with Gasteiger partial charge in [-0.05, 0) is 33.6 Å². The van der Waals surface area contributed by atoms with Crippen molar-refractivity contribution in [1.29, 1.82) is 0 Å². The SMILES string of the molecule is CCC(O)(CC)CNCCC(=O)NC(C)(C)C. The van der Waals surface area contributed by atoms with Gasteiger partial charge in [-0.2, -0.15) is 0 Å². The fraction of sp³-hybridized carbons (Fsp3) is 0.923. The molecule has 0 aliphatic carbocycles. The van der Waals surface area contributed by atoms with Crippen molar-refractivity contribution < 1.29 is 9.90 Å². The van der Waals surface area contributed by atoms with E-state index in [-0.39, 0.29) is 11.4 Å². The van der Waals surface area contributed by atoms with Crippen LogP contribution in [0.3, 0.4) is 0 Å². The first-order valence-corrected chi connectivity index (χ1v) is 6.46. The van der Waals surface area contributed by atoms with Crippen molar-refractivity contribution in [2.24, 2.45) is 0 Å². The zero-order chi connectivity index (χ0) is 13.5. The van der Waals surface area contributed by atoms with Gasteiger partial charge < -0.3 is 15.7 Å². The number of aliphatic hydroxyl groups is 1. The lowest BCUT2D eigenvalue weighted by Crippen LogP contribution is -2.43. The summed E-state index contributed by atoms with van der Waals surface area (Å²) >= 11 is 0. The predicted octanol–water partition coefficient (Wildman–Crippen LogP) is 1.43. The summed E-state index contributed by atoms with van der Waals surface area (Å²) in [6.07, 6.45) is 1.90. The third-order valence-electron chi connectivity index (χ3n) is 2.81. The minimum absolute atomic E-state index is 0.0431. The van der Waals surface area contributed by atoms with Gasteiger partial charge in [0.05, 0.1) is 5.60 Å². The molecule has 0 saturated carbocycles. The lowest BCUT2D eigenvalue weighted by atomic mass is 9.98. The van der Waals surface area contributed by atoms with Crippen molar-refractivity contribution in [3.05, 3.63) is 0 Å². The molecule has 0 radical (unpaired) electrons. The van der Waals surface area contributed by atoms with E-state index < -0.39 is 5.60 Å². The summed E-state index contributed by atoms with van der Waals surface area (Å²) in [5.74, 6) is 0.0431. The maximum atomic E-state index is 11.5. The van der Waals surface area contributed by atoms with Crippen LogP contribution in [0.5, 0.6) is 0 Å². The van der Waals surface area contributed by atoms with Crippen molar-refractivity contribution in [2.75, 3.05) is 13.1 Å². The minimum atomic E-state index is -0.638. The van der Waals surface area contributed by atoms with Crippen LogP contribution in [0.2, 0.25) is 0 Å². The maximum absolute atomic E-state index is 11.5. The summed E-state index contributed by atoms with van der Waals surface area (Å²) in [4.78, 5) is 11.5. The molecule has 0 fully saturated rings. The second-order valence-electron chi connectivity index (χ2n) is 5.66. The van der Waals surface area contributed by atoms with Crippen molar-refractivity contribution in [1.82, 2.24) is 10.6 Å². The molecule has 0 rings (SSSR count). The van der Waals surface area contributed by atoms with Gasteiger partial charge in [-0.25, -0.2) is 0 Å². The van der Waals surface area contributed by atoms with Gasteiger partial charge in [0.2, 0.25) is 5.91 Å². The second-order valence-corrected chi connectivity index (χ2v) is 5.66. The maximum Gasteiger partial charge on any atom is 0.221 e. The van der Waals surface area contributed by atoms with E-state index in [2.05, 4.69) is 10.6 Å². The van der Waals surface area contributed by atoms with E-state index in [1.807, 2.05) is 34.6 Å². The number of carbonyl (C=O) groups is 1. The van der Waals surface area contributed by atoms with Gasteiger partial charge in [0.15, 0.2) is 0 Å². The molecule has 3 N–H and O–H groups in total. The average molecular weight is 244 g/mol. The van der Waals surface area contributed by atoms with Crippen molar-refractivity contribution in [3.63, 3.8) is 0 Å². The molecule has 102 valence electrons. The highest BCUT2D eigenvalue weighted by atomic mass is 16.3. The van der Waals surface area contributed by atoms with Gasteiger partial charge in [0, 0.05) is 25.0 Å². The third-order valence-corrected chi connectivity index (χ3v) is 2.81. The van der Waals surface area contributed by atoms with Crippen molar-refractivity contribution in [2.45, 2.75) is 65.0 Å². The highest BCUT2D eigenvalue weighted by Crippen LogP contribution is 2.12. The Balaban J connectivity index is 3.75. The first-order chi connectivity index (χ1) is 7.72. The Kier molecular flexibility index (Phi) is 6.72. The summed E-state index contributed by atoms with van der Waals surface area (Å²) in [5.41, 5.74) is -0.814. The fourth-order valence-corrected chi connectivity index (χ4v) is 1.50. The molecule has 0 atom stereocenters. The quantitative estimate of drug-likeness (QED) is 0.594. The number of carbonyl (C=O) groups excluding carboxylic acids is 1. The predicted molar refractivity (Wildman–Crippen MR) is 70.9 cm³/mol. The molecule has 0 aliphatic rings. The molecule has 0 aromatic heterocycles. The van der Waals surface area contributed by atoms with E-state index in [4.69, 9.17) is 0 Å². The highest BCUT2D eigenvalue weighted by Gasteiger charge is 2.21. The molecule has 17 heavy (non-hydrogen) atoms. The first-order valence-electron chi connectivity index (χ1n) is 6.46. The van der Waals surface area contributed by atoms with Crippen LogP contribution in [-0.4, -0.2) is 35.2 Å². The molecule has 0 aliphatic heterocycles. The van der Waals surface area contributed by atoms with E-state index >= 15 is 0 Å². The minimum Gasteiger partial charge on any atom is -0.389 e. The number of hydrogen-bond donors (Lipinski definition) is 3. The van der Waals surface area contributed by atoms with Gasteiger partial charge in [-0.15, -0.1) is 0 Å². The Labute approximate surface area is 105 Å². The Bertz CT molecular complexity index is 230. The Hall–Kier alpha value is -0.610. The standard InChI is InChI=1S/C13H28N2O2/c1-6-13(17,7-2)10-14-9-8-11(16)15-12(3,4)5/h14,17H,6-10H2,1-5H3,(H,15,16). The Morgan fingerprint density at radius 1 is 1.18 bits per heavy atom. The summed E-state index contributed by atoms with van der Waals surface area (Å²) in [6, 6.07) is 0. The molecule has 0 aromatic rings. The topological polar surface area (TPSA) is 61.4 Å². The fourth-order valence-electron chi connectivity index (χ4n) is 1.50. The molecular weight excluding hydrogens is 216 g/mol. The number of nitrogens with one attached hydrogen (secondary N) is 2. The van der Waals surface area contributed by atoms with Crippen LogP contribution in [-0.2, 0) is 4.79 Å². The zero-order valence-electron chi connectivity index (χ0n) is 11.9. The third kappa shape index (κ3) is 8.16. The van der Waals surface area contributed by atoms with Crippen molar-refractivity contribution in [3.8, 4) is 0 Å². The van der Waals surface area contributed by atoms with Crippen LogP contribution in [0.4, 0.5) is 0 Å². The number of rotatable bonds is 7. The second kappa shape index (κ2) is 6.97. The van der Waals surface area contributed by atoms with Crippen LogP contribution in [0.1, 0.15) is 53.9 Å². The van der Waals surface area contributed by atoms with E-state index in [9.17, 15) is 9.90 Å². The van der Waals surface area contributed by atoms with Gasteiger partial charge in [-0.1, -0.05) is 13.8 Å². The van der Waals surface area contributed by atoms with Crippen LogP contribution in [0, 0.1) is 0 Å². The number of hydrogen-bond acceptors (Lipinski definition) is 3. The summed E-state index contributed by atoms with van der Waals surface area (Å²) in [6.45, 7) is 11.0. The summed E-state index contributed by atoms with van der Waals surface area (Å²) in [5, 5.41) is 16.1. The smallest absolute Gasteiger partial charge is 0.221 e. The molecule has 0 unspecified atom stereocenters. The lowest BCUT2D eigenvalue weighted by Gasteiger charge is -2.25. The van der Waals surface area contributed by atoms with Gasteiger partial charge in [0.1, 0.15) is 0 Å². The largest absolute Gasteiger partial charge is 0.389 e. The average Bonchev–Trinajstić information content (AvgIpc) is 2.21. The molecule has 0 spiro atoms. The van der Waals surface area contributed by atoms with E-state index in [1.165, 1.54) is 0 Å². The van der Waals surface area contributed by atoms with Crippen molar-refractivity contribution >= 4 is 5.91 Å². The number of amides is 1. The normalized spacial score (nSPS) is 12.6. The van der Waals surface area contributed by atoms with Crippen LogP contribution < -0.4 is 10.6 Å². The van der Waals surface area contributed by atoms with E-state index in [0.717, 1.165) is 12.8 Å². The molecule has 0 aromatic carbocycles. The molecule has 4 nitrogen and oxygen atoms in total. The van der Waals surface area contributed by atoms with Crippen LogP contribution >= 0.6 is 0 Å². The molecule has 0 saturated heterocycles. The van der Waals surface area contributed by atoms with Gasteiger partial charge in [-0.3, -0.25) is 4.79 Å². The summed E-state index contributed by atoms with van der Waals surface area (Å²) in [7, 11) is 0. The van der Waals surface area contributed by atoms with Crippen LogP contribution in [0.15, 0.2) is 0 Å². The molecule has 0 heterocycles. The Morgan fingerprint density at radius 2 is 1.71 bits per heavy atom. The molecule has 4 heteroatoms. The monoisotopic (exact) mass is 244 g/mol. The van der Waals surface area contributed by atoms with Crippen LogP contribution in [0.25, 0.3) is 0 Å². The first kappa shape index (κ1) is 16.4. The summed E-state index contributed by atoms with van der Waals surface area (Å²) < 4.78 is 0. The Morgan fingerprint density at radius 3 is 2.12 bits per heavy atom. The zero-order valence-corrected chi connectivity index (χ0v) is 11.9. The van der Waals surface area contributed by atoms with E-state index in [0.29, 0.717) is 19.5 Å². The molecular formula is C13H28N2O2. The highest BCUT2D eigenvalue weighted by molar-refractivity contribution is 5.76. The molecule has 0 bridgehead atoms. The lowest BCUT2D eigenvalue weighted by molar-refractivity contribution is -0.122. The molecule has 1 amide bonds. The van der Waals surface area contributed by atoms with Gasteiger partial charge >= 0.3 is 0 Å². The van der Waals surface area contributed by atoms with Gasteiger partial charge in [0.25, 0.3) is 0 Å². The van der Waals surface area contributed by atoms with E-state index in [1.54, 1.807) is 0 Å².